The van der Waals surface area contributed by atoms with Gasteiger partial charge in [-0.25, -0.2) is 4.79 Å². The number of hydrogen-bond donors (Lipinski definition) is 4. The maximum absolute atomic E-state index is 10.7. The highest BCUT2D eigenvalue weighted by molar-refractivity contribution is 7.85. The first-order chi connectivity index (χ1) is 6.72. The largest absolute Gasteiger partial charge is 0.505 e. The summed E-state index contributed by atoms with van der Waals surface area (Å²) in [7, 11) is -4.48. The smallest absolute Gasteiger partial charge is 0.377 e. The van der Waals surface area contributed by atoms with Crippen molar-refractivity contribution in [2.45, 2.75) is 12.2 Å². The lowest BCUT2D eigenvalue weighted by Crippen LogP contribution is -2.34. The fraction of sp³-hybridized carbons (Fsp3) is 0.500. The Morgan fingerprint density at radius 2 is 1.93 bits per heavy atom. The van der Waals surface area contributed by atoms with Crippen LogP contribution in [0.4, 0.5) is 0 Å². The zero-order valence-corrected chi connectivity index (χ0v) is 8.01. The number of rotatable bonds is 3. The summed E-state index contributed by atoms with van der Waals surface area (Å²) >= 11 is 0. The zero-order chi connectivity index (χ0) is 11.8. The summed E-state index contributed by atoms with van der Waals surface area (Å²) in [6.07, 6.45) is -3.53. The monoisotopic (exact) mass is 240 g/mol. The summed E-state index contributed by atoms with van der Waals surface area (Å²) in [5, 5.41) is 27.0. The second-order valence-corrected chi connectivity index (χ2v) is 4.37. The summed E-state index contributed by atoms with van der Waals surface area (Å²) in [6.45, 7) is 0. The van der Waals surface area contributed by atoms with Gasteiger partial charge in [-0.1, -0.05) is 0 Å². The first kappa shape index (κ1) is 11.8. The highest BCUT2D eigenvalue weighted by Crippen LogP contribution is 2.21. The summed E-state index contributed by atoms with van der Waals surface area (Å²) in [5.74, 6) is -4.44. The summed E-state index contributed by atoms with van der Waals surface area (Å²) in [6, 6.07) is 0. The Morgan fingerprint density at radius 3 is 2.27 bits per heavy atom. The third-order valence-corrected chi connectivity index (χ3v) is 2.43. The number of esters is 1. The number of aliphatic hydroxyl groups is 3. The van der Waals surface area contributed by atoms with Gasteiger partial charge in [-0.05, 0) is 0 Å². The van der Waals surface area contributed by atoms with Gasteiger partial charge in [0.25, 0.3) is 10.1 Å². The molecule has 0 spiro atoms. The van der Waals surface area contributed by atoms with E-state index in [4.69, 9.17) is 19.9 Å². The van der Waals surface area contributed by atoms with Crippen LogP contribution < -0.4 is 0 Å². The van der Waals surface area contributed by atoms with Gasteiger partial charge in [0.05, 0.1) is 0 Å². The molecule has 1 rings (SSSR count). The standard InChI is InChI=1S/C6H8O8S/c7-2(1-15(11,12)13)5-3(8)4(9)6(10)14-5/h2,5,7-9H,1H2,(H,11,12,13). The zero-order valence-electron chi connectivity index (χ0n) is 7.19. The van der Waals surface area contributed by atoms with Gasteiger partial charge < -0.3 is 20.1 Å². The molecule has 0 saturated carbocycles. The average molecular weight is 240 g/mol. The van der Waals surface area contributed by atoms with E-state index in [-0.39, 0.29) is 0 Å². The molecule has 0 aromatic heterocycles. The number of carbonyl (C=O) groups is 1. The van der Waals surface area contributed by atoms with Gasteiger partial charge in [-0.3, -0.25) is 4.55 Å². The second kappa shape index (κ2) is 3.68. The van der Waals surface area contributed by atoms with E-state index in [1.165, 1.54) is 0 Å². The third kappa shape index (κ3) is 2.58. The molecular formula is C6H8O8S. The number of ether oxygens (including phenoxy) is 1. The summed E-state index contributed by atoms with van der Waals surface area (Å²) in [5.41, 5.74) is 0. The van der Waals surface area contributed by atoms with E-state index >= 15 is 0 Å². The van der Waals surface area contributed by atoms with Crippen molar-refractivity contribution in [2.24, 2.45) is 0 Å². The van der Waals surface area contributed by atoms with Crippen molar-refractivity contribution >= 4 is 16.1 Å². The molecular weight excluding hydrogens is 232 g/mol. The van der Waals surface area contributed by atoms with Crippen LogP contribution in [-0.4, -0.2) is 52.2 Å². The fourth-order valence-electron chi connectivity index (χ4n) is 1.03. The molecule has 86 valence electrons. The van der Waals surface area contributed by atoms with Gasteiger partial charge in [-0.2, -0.15) is 8.42 Å². The van der Waals surface area contributed by atoms with E-state index in [0.717, 1.165) is 0 Å². The lowest BCUT2D eigenvalue weighted by atomic mass is 10.2. The number of hydrogen-bond acceptors (Lipinski definition) is 7. The lowest BCUT2D eigenvalue weighted by molar-refractivity contribution is -0.146. The molecule has 0 aromatic rings. The van der Waals surface area contributed by atoms with Gasteiger partial charge in [0.1, 0.15) is 11.9 Å². The highest BCUT2D eigenvalue weighted by atomic mass is 32.2. The molecule has 4 N–H and O–H groups in total. The number of aliphatic hydroxyl groups excluding tert-OH is 3. The molecule has 0 aliphatic carbocycles. The van der Waals surface area contributed by atoms with Crippen molar-refractivity contribution in [2.75, 3.05) is 5.75 Å². The normalized spacial score (nSPS) is 24.1. The van der Waals surface area contributed by atoms with E-state index < -0.39 is 45.6 Å². The molecule has 0 radical (unpaired) electrons. The molecule has 1 heterocycles. The van der Waals surface area contributed by atoms with Gasteiger partial charge in [0.15, 0.2) is 11.9 Å². The van der Waals surface area contributed by atoms with Crippen molar-refractivity contribution in [3.8, 4) is 0 Å². The van der Waals surface area contributed by atoms with Gasteiger partial charge >= 0.3 is 5.97 Å². The Bertz CT molecular complexity index is 407. The predicted molar refractivity (Wildman–Crippen MR) is 44.6 cm³/mol. The first-order valence-electron chi connectivity index (χ1n) is 3.68. The topological polar surface area (TPSA) is 141 Å². The van der Waals surface area contributed by atoms with Crippen LogP contribution in [0.25, 0.3) is 0 Å². The van der Waals surface area contributed by atoms with Crippen LogP contribution in [0.2, 0.25) is 0 Å². The van der Waals surface area contributed by atoms with Crippen molar-refractivity contribution in [3.05, 3.63) is 11.5 Å². The van der Waals surface area contributed by atoms with Crippen molar-refractivity contribution in [1.82, 2.24) is 0 Å². The average Bonchev–Trinajstić information content (AvgIpc) is 2.30. The molecule has 0 saturated heterocycles. The SMILES string of the molecule is O=C1OC(C(O)CS(=O)(=O)O)C(O)=C1O. The number of cyclic esters (lactones) is 1. The van der Waals surface area contributed by atoms with Gasteiger partial charge in [0, 0.05) is 0 Å². The first-order valence-corrected chi connectivity index (χ1v) is 5.29. The molecule has 2 unspecified atom stereocenters. The third-order valence-electron chi connectivity index (χ3n) is 1.67. The van der Waals surface area contributed by atoms with E-state index in [1.807, 2.05) is 0 Å². The van der Waals surface area contributed by atoms with Crippen molar-refractivity contribution < 1.29 is 37.8 Å². The van der Waals surface area contributed by atoms with Crippen molar-refractivity contribution in [3.63, 3.8) is 0 Å². The molecule has 0 aromatic carbocycles. The highest BCUT2D eigenvalue weighted by Gasteiger charge is 2.40. The molecule has 1 aliphatic rings. The Hall–Kier alpha value is -1.32. The molecule has 0 amide bonds. The quantitative estimate of drug-likeness (QED) is 0.344. The van der Waals surface area contributed by atoms with Crippen molar-refractivity contribution in [1.29, 1.82) is 0 Å². The van der Waals surface area contributed by atoms with Crippen LogP contribution in [0.1, 0.15) is 0 Å². The van der Waals surface area contributed by atoms with Crippen LogP contribution in [0.5, 0.6) is 0 Å². The minimum absolute atomic E-state index is 0.962. The lowest BCUT2D eigenvalue weighted by Gasteiger charge is -2.15. The fourth-order valence-corrected chi connectivity index (χ4v) is 1.64. The van der Waals surface area contributed by atoms with Gasteiger partial charge in [0.2, 0.25) is 5.76 Å². The summed E-state index contributed by atoms with van der Waals surface area (Å²) < 4.78 is 33.4. The molecule has 0 fully saturated rings. The van der Waals surface area contributed by atoms with E-state index in [2.05, 4.69) is 4.74 Å². The Kier molecular flexibility index (Phi) is 2.88. The van der Waals surface area contributed by atoms with Crippen LogP contribution in [0.15, 0.2) is 11.5 Å². The molecule has 8 nitrogen and oxygen atoms in total. The Morgan fingerprint density at radius 1 is 1.40 bits per heavy atom. The van der Waals surface area contributed by atoms with E-state index in [9.17, 15) is 13.2 Å². The minimum atomic E-state index is -4.48. The van der Waals surface area contributed by atoms with Crippen LogP contribution in [0, 0.1) is 0 Å². The van der Waals surface area contributed by atoms with Crippen LogP contribution >= 0.6 is 0 Å². The maximum Gasteiger partial charge on any atom is 0.377 e. The molecule has 9 heteroatoms. The summed E-state index contributed by atoms with van der Waals surface area (Å²) in [4.78, 5) is 10.7. The van der Waals surface area contributed by atoms with Crippen LogP contribution in [-0.2, 0) is 19.6 Å². The molecule has 1 aliphatic heterocycles. The molecule has 0 bridgehead atoms. The Labute approximate surface area is 84.2 Å². The van der Waals surface area contributed by atoms with Crippen LogP contribution in [0.3, 0.4) is 0 Å². The number of carbonyl (C=O) groups excluding carboxylic acids is 1. The van der Waals surface area contributed by atoms with E-state index in [0.29, 0.717) is 0 Å². The molecule has 15 heavy (non-hydrogen) atoms. The predicted octanol–water partition coefficient (Wildman–Crippen LogP) is -1.51. The maximum atomic E-state index is 10.7. The molecule has 2 atom stereocenters. The van der Waals surface area contributed by atoms with E-state index in [1.54, 1.807) is 0 Å². The van der Waals surface area contributed by atoms with Gasteiger partial charge in [-0.15, -0.1) is 0 Å². The minimum Gasteiger partial charge on any atom is -0.505 e. The second-order valence-electron chi connectivity index (χ2n) is 2.88. The Balaban J connectivity index is 2.80.